The number of sulfonamides is 1. The highest BCUT2D eigenvalue weighted by molar-refractivity contribution is 7.89. The third kappa shape index (κ3) is 7.76. The molecule has 0 amide bonds. The van der Waals surface area contributed by atoms with Gasteiger partial charge in [-0.2, -0.15) is 0 Å². The van der Waals surface area contributed by atoms with E-state index in [2.05, 4.69) is 4.72 Å². The van der Waals surface area contributed by atoms with E-state index in [9.17, 15) is 13.2 Å². The van der Waals surface area contributed by atoms with E-state index in [1.807, 2.05) is 36.4 Å². The van der Waals surface area contributed by atoms with E-state index in [-0.39, 0.29) is 12.2 Å². The number of hydrogen-bond donors (Lipinski definition) is 2. The number of rotatable bonds is 12. The molecule has 0 fully saturated rings. The predicted molar refractivity (Wildman–Crippen MR) is 110 cm³/mol. The Morgan fingerprint density at radius 2 is 2.11 bits per heavy atom. The summed E-state index contributed by atoms with van der Waals surface area (Å²) in [6.07, 6.45) is 9.24. The number of hydrogen-bond acceptors (Lipinski definition) is 4. The highest BCUT2D eigenvalue weighted by atomic mass is 32.2. The predicted octanol–water partition coefficient (Wildman–Crippen LogP) is 3.80. The van der Waals surface area contributed by atoms with E-state index in [1.54, 1.807) is 7.11 Å². The number of aliphatic carboxylic acids is 1. The van der Waals surface area contributed by atoms with Gasteiger partial charge >= 0.3 is 5.97 Å². The van der Waals surface area contributed by atoms with Crippen molar-refractivity contribution in [1.82, 2.24) is 4.72 Å². The zero-order valence-electron chi connectivity index (χ0n) is 16.3. The van der Waals surface area contributed by atoms with Gasteiger partial charge in [-0.1, -0.05) is 24.3 Å². The van der Waals surface area contributed by atoms with Gasteiger partial charge in [0, 0.05) is 12.1 Å². The molecule has 0 radical (unpaired) electrons. The van der Waals surface area contributed by atoms with Gasteiger partial charge in [0.05, 0.1) is 12.9 Å². The molecular weight excluding hydrogens is 378 g/mol. The standard InChI is InChI=1S/C21H29NO5S/c1-27-19-11-6-8-17(16-19)14-15-28(25,26)22-20-12-7-10-18(20)9-4-2-3-5-13-21(23)24/h2,4,6,8,11,16,22H,3,5,7,9-10,12-15H2,1H3,(H,23,24). The molecule has 1 aliphatic rings. The molecule has 154 valence electrons. The van der Waals surface area contributed by atoms with Crippen molar-refractivity contribution in [2.45, 2.75) is 51.4 Å². The number of nitrogens with one attached hydrogen (secondary N) is 1. The fourth-order valence-corrected chi connectivity index (χ4v) is 4.42. The Kier molecular flexibility index (Phi) is 8.57. The summed E-state index contributed by atoms with van der Waals surface area (Å²) in [6.45, 7) is 0. The quantitative estimate of drug-likeness (QED) is 0.406. The van der Waals surface area contributed by atoms with E-state index in [1.165, 1.54) is 0 Å². The average molecular weight is 408 g/mol. The summed E-state index contributed by atoms with van der Waals surface area (Å²) in [5, 5.41) is 8.63. The van der Waals surface area contributed by atoms with Crippen LogP contribution in [-0.4, -0.2) is 32.4 Å². The Labute approximate surface area is 167 Å². The highest BCUT2D eigenvalue weighted by Gasteiger charge is 2.19. The smallest absolute Gasteiger partial charge is 0.303 e. The second-order valence-electron chi connectivity index (χ2n) is 6.92. The van der Waals surface area contributed by atoms with Crippen LogP contribution in [0.1, 0.15) is 50.5 Å². The summed E-state index contributed by atoms with van der Waals surface area (Å²) in [4.78, 5) is 10.5. The third-order valence-corrected chi connectivity index (χ3v) is 6.00. The van der Waals surface area contributed by atoms with Gasteiger partial charge in [-0.05, 0) is 68.2 Å². The second kappa shape index (κ2) is 10.9. The summed E-state index contributed by atoms with van der Waals surface area (Å²) in [5.74, 6) is -0.0292. The number of methoxy groups -OCH3 is 1. The Bertz CT molecular complexity index is 827. The summed E-state index contributed by atoms with van der Waals surface area (Å²) in [5.41, 5.74) is 2.87. The number of carboxylic acids is 1. The van der Waals surface area contributed by atoms with Crippen LogP contribution in [0.25, 0.3) is 0 Å². The van der Waals surface area contributed by atoms with Crippen LogP contribution in [0.5, 0.6) is 5.75 Å². The lowest BCUT2D eigenvalue weighted by molar-refractivity contribution is -0.137. The van der Waals surface area contributed by atoms with Gasteiger partial charge in [0.15, 0.2) is 0 Å². The number of carboxylic acid groups (broad SMARTS) is 1. The van der Waals surface area contributed by atoms with Crippen molar-refractivity contribution in [1.29, 1.82) is 0 Å². The van der Waals surface area contributed by atoms with Crippen molar-refractivity contribution >= 4 is 16.0 Å². The number of unbranched alkanes of at least 4 members (excludes halogenated alkanes) is 1. The normalized spacial score (nSPS) is 14.6. The number of ether oxygens (including phenoxy) is 1. The van der Waals surface area contributed by atoms with Crippen molar-refractivity contribution in [3.63, 3.8) is 0 Å². The molecule has 0 saturated heterocycles. The number of benzene rings is 1. The van der Waals surface area contributed by atoms with Crippen molar-refractivity contribution < 1.29 is 23.1 Å². The first-order valence-electron chi connectivity index (χ1n) is 9.61. The topological polar surface area (TPSA) is 92.7 Å². The molecule has 1 aliphatic carbocycles. The fraction of sp³-hybridized carbons (Fsp3) is 0.476. The number of aryl methyl sites for hydroxylation is 1. The molecule has 0 aromatic heterocycles. The highest BCUT2D eigenvalue weighted by Crippen LogP contribution is 2.27. The average Bonchev–Trinajstić information content (AvgIpc) is 3.09. The molecule has 0 heterocycles. The molecule has 2 rings (SSSR count). The van der Waals surface area contributed by atoms with Crippen LogP contribution in [-0.2, 0) is 21.2 Å². The Morgan fingerprint density at radius 1 is 1.29 bits per heavy atom. The van der Waals surface area contributed by atoms with E-state index in [0.29, 0.717) is 19.3 Å². The summed E-state index contributed by atoms with van der Waals surface area (Å²) in [6, 6.07) is 7.44. The van der Waals surface area contributed by atoms with Gasteiger partial charge in [-0.3, -0.25) is 9.52 Å². The number of allylic oxidation sites excluding steroid dienone is 4. The first-order chi connectivity index (χ1) is 13.4. The molecule has 0 spiro atoms. The van der Waals surface area contributed by atoms with Crippen LogP contribution in [0.2, 0.25) is 0 Å². The largest absolute Gasteiger partial charge is 0.497 e. The van der Waals surface area contributed by atoms with Crippen LogP contribution in [0.3, 0.4) is 0 Å². The lowest BCUT2D eigenvalue weighted by Gasteiger charge is -2.11. The zero-order chi connectivity index (χ0) is 20.4. The van der Waals surface area contributed by atoms with Crippen molar-refractivity contribution in [3.05, 3.63) is 53.3 Å². The fourth-order valence-electron chi connectivity index (χ4n) is 3.19. The Balaban J connectivity index is 1.87. The maximum atomic E-state index is 12.5. The molecular formula is C21H29NO5S. The second-order valence-corrected chi connectivity index (χ2v) is 8.76. The van der Waals surface area contributed by atoms with Crippen LogP contribution < -0.4 is 9.46 Å². The molecule has 7 heteroatoms. The number of carbonyl (C=O) groups is 1. The summed E-state index contributed by atoms with van der Waals surface area (Å²) >= 11 is 0. The van der Waals surface area contributed by atoms with Crippen molar-refractivity contribution in [3.8, 4) is 5.75 Å². The maximum Gasteiger partial charge on any atom is 0.303 e. The molecule has 0 bridgehead atoms. The van der Waals surface area contributed by atoms with Gasteiger partial charge in [0.1, 0.15) is 5.75 Å². The van der Waals surface area contributed by atoms with Gasteiger partial charge in [-0.15, -0.1) is 0 Å². The maximum absolute atomic E-state index is 12.5. The van der Waals surface area contributed by atoms with E-state index < -0.39 is 16.0 Å². The lowest BCUT2D eigenvalue weighted by atomic mass is 10.1. The molecule has 0 unspecified atom stereocenters. The van der Waals surface area contributed by atoms with E-state index >= 15 is 0 Å². The molecule has 2 N–H and O–H groups in total. The summed E-state index contributed by atoms with van der Waals surface area (Å²) < 4.78 is 32.9. The molecule has 1 aromatic carbocycles. The molecule has 0 atom stereocenters. The third-order valence-electron chi connectivity index (χ3n) is 4.70. The van der Waals surface area contributed by atoms with Gasteiger partial charge in [-0.25, -0.2) is 8.42 Å². The van der Waals surface area contributed by atoms with Gasteiger partial charge in [0.2, 0.25) is 10.0 Å². The van der Waals surface area contributed by atoms with Crippen molar-refractivity contribution in [2.24, 2.45) is 0 Å². The van der Waals surface area contributed by atoms with Crippen LogP contribution >= 0.6 is 0 Å². The monoisotopic (exact) mass is 407 g/mol. The van der Waals surface area contributed by atoms with Crippen LogP contribution in [0.4, 0.5) is 0 Å². The first kappa shape index (κ1) is 22.0. The summed E-state index contributed by atoms with van der Waals surface area (Å²) in [7, 11) is -1.81. The minimum Gasteiger partial charge on any atom is -0.497 e. The van der Waals surface area contributed by atoms with Crippen LogP contribution in [0, 0.1) is 0 Å². The molecule has 0 aliphatic heterocycles. The molecule has 6 nitrogen and oxygen atoms in total. The minimum atomic E-state index is -3.40. The first-order valence-corrected chi connectivity index (χ1v) is 11.3. The van der Waals surface area contributed by atoms with E-state index in [0.717, 1.165) is 48.3 Å². The van der Waals surface area contributed by atoms with E-state index in [4.69, 9.17) is 9.84 Å². The SMILES string of the molecule is COc1cccc(CCS(=O)(=O)NC2=C(CC=CCCCC(=O)O)CCC2)c1. The minimum absolute atomic E-state index is 0.0297. The van der Waals surface area contributed by atoms with Gasteiger partial charge < -0.3 is 9.84 Å². The lowest BCUT2D eigenvalue weighted by Crippen LogP contribution is -2.26. The Hall–Kier alpha value is -2.28. The van der Waals surface area contributed by atoms with Gasteiger partial charge in [0.25, 0.3) is 0 Å². The molecule has 28 heavy (non-hydrogen) atoms. The Morgan fingerprint density at radius 3 is 2.86 bits per heavy atom. The molecule has 1 aromatic rings. The zero-order valence-corrected chi connectivity index (χ0v) is 17.1. The van der Waals surface area contributed by atoms with Crippen LogP contribution in [0.15, 0.2) is 47.7 Å². The van der Waals surface area contributed by atoms with Crippen molar-refractivity contribution in [2.75, 3.05) is 12.9 Å². The molecule has 0 saturated carbocycles.